The van der Waals surface area contributed by atoms with Crippen molar-refractivity contribution < 1.29 is 9.53 Å². The summed E-state index contributed by atoms with van der Waals surface area (Å²) < 4.78 is 8.69. The fourth-order valence-electron chi connectivity index (χ4n) is 2.82. The molecule has 2 aromatic carbocycles. The normalized spacial score (nSPS) is 10.7. The first-order chi connectivity index (χ1) is 12.9. The van der Waals surface area contributed by atoms with E-state index in [-0.39, 0.29) is 12.5 Å². The van der Waals surface area contributed by atoms with Crippen LogP contribution in [0.5, 0.6) is 5.75 Å². The maximum absolute atomic E-state index is 12.1. The van der Waals surface area contributed by atoms with Crippen LogP contribution in [0, 0.1) is 20.8 Å². The van der Waals surface area contributed by atoms with Gasteiger partial charge in [0.05, 0.1) is 0 Å². The van der Waals surface area contributed by atoms with E-state index >= 15 is 0 Å². The molecule has 3 rings (SSSR count). The van der Waals surface area contributed by atoms with Gasteiger partial charge in [0.25, 0.3) is 5.91 Å². The van der Waals surface area contributed by atoms with Gasteiger partial charge in [-0.2, -0.15) is 0 Å². The molecule has 1 heterocycles. The van der Waals surface area contributed by atoms with E-state index in [1.165, 1.54) is 0 Å². The SMILES string of the molecule is Cc1cc(OCC(=O)NCc2ccc(-n3ccnc3C)cc2)cc(C)c1Br. The Balaban J connectivity index is 1.51. The number of hydrogen-bond donors (Lipinski definition) is 1. The van der Waals surface area contributed by atoms with Gasteiger partial charge in [-0.1, -0.05) is 28.1 Å². The Morgan fingerprint density at radius 3 is 2.41 bits per heavy atom. The number of benzene rings is 2. The number of carbonyl (C=O) groups excluding carboxylic acids is 1. The first kappa shape index (κ1) is 19.2. The maximum atomic E-state index is 12.1. The summed E-state index contributed by atoms with van der Waals surface area (Å²) in [6, 6.07) is 11.9. The number of rotatable bonds is 6. The Labute approximate surface area is 167 Å². The van der Waals surface area contributed by atoms with E-state index in [2.05, 4.69) is 26.2 Å². The number of halogens is 1. The van der Waals surface area contributed by atoms with E-state index in [0.29, 0.717) is 12.3 Å². The summed E-state index contributed by atoms with van der Waals surface area (Å²) in [7, 11) is 0. The van der Waals surface area contributed by atoms with Crippen LogP contribution in [-0.2, 0) is 11.3 Å². The monoisotopic (exact) mass is 427 g/mol. The van der Waals surface area contributed by atoms with Crippen molar-refractivity contribution in [1.82, 2.24) is 14.9 Å². The number of nitrogens with one attached hydrogen (secondary N) is 1. The molecule has 0 bridgehead atoms. The predicted molar refractivity (Wildman–Crippen MR) is 109 cm³/mol. The smallest absolute Gasteiger partial charge is 0.258 e. The third kappa shape index (κ3) is 4.77. The van der Waals surface area contributed by atoms with E-state index in [4.69, 9.17) is 4.74 Å². The predicted octanol–water partition coefficient (Wildman–Crippen LogP) is 4.26. The molecule has 0 unspecified atom stereocenters. The third-order valence-electron chi connectivity index (χ3n) is 4.31. The lowest BCUT2D eigenvalue weighted by Crippen LogP contribution is -2.28. The van der Waals surface area contributed by atoms with Gasteiger partial charge in [-0.3, -0.25) is 4.79 Å². The molecular formula is C21H22BrN3O2. The van der Waals surface area contributed by atoms with Crippen molar-refractivity contribution in [1.29, 1.82) is 0 Å². The average Bonchev–Trinajstić information content (AvgIpc) is 3.09. The zero-order chi connectivity index (χ0) is 19.4. The van der Waals surface area contributed by atoms with Crippen LogP contribution in [0.3, 0.4) is 0 Å². The van der Waals surface area contributed by atoms with Crippen LogP contribution in [0.25, 0.3) is 5.69 Å². The zero-order valence-electron chi connectivity index (χ0n) is 15.6. The summed E-state index contributed by atoms with van der Waals surface area (Å²) in [5.74, 6) is 1.48. The molecule has 0 saturated carbocycles. The van der Waals surface area contributed by atoms with Gasteiger partial charge in [0.1, 0.15) is 11.6 Å². The van der Waals surface area contributed by atoms with Crippen LogP contribution in [0.15, 0.2) is 53.3 Å². The van der Waals surface area contributed by atoms with Gasteiger partial charge in [0, 0.05) is 29.1 Å². The second-order valence-corrected chi connectivity index (χ2v) is 7.24. The molecule has 6 heteroatoms. The van der Waals surface area contributed by atoms with Gasteiger partial charge in [-0.05, 0) is 61.7 Å². The van der Waals surface area contributed by atoms with Crippen LogP contribution < -0.4 is 10.1 Å². The van der Waals surface area contributed by atoms with Gasteiger partial charge in [0.15, 0.2) is 6.61 Å². The maximum Gasteiger partial charge on any atom is 0.258 e. The molecule has 1 aromatic heterocycles. The summed E-state index contributed by atoms with van der Waals surface area (Å²) in [5, 5.41) is 2.88. The van der Waals surface area contributed by atoms with E-state index in [1.807, 2.05) is 67.9 Å². The number of ether oxygens (including phenoxy) is 1. The molecule has 27 heavy (non-hydrogen) atoms. The Hall–Kier alpha value is -2.60. The highest BCUT2D eigenvalue weighted by molar-refractivity contribution is 9.10. The highest BCUT2D eigenvalue weighted by Gasteiger charge is 2.07. The van der Waals surface area contributed by atoms with E-state index < -0.39 is 0 Å². The molecule has 0 aliphatic rings. The van der Waals surface area contributed by atoms with Crippen molar-refractivity contribution in [3.05, 3.63) is 75.8 Å². The van der Waals surface area contributed by atoms with Gasteiger partial charge in [0.2, 0.25) is 0 Å². The molecule has 0 spiro atoms. The zero-order valence-corrected chi connectivity index (χ0v) is 17.2. The van der Waals surface area contributed by atoms with Crippen LogP contribution >= 0.6 is 15.9 Å². The second kappa shape index (κ2) is 8.39. The van der Waals surface area contributed by atoms with Crippen LogP contribution in [0.1, 0.15) is 22.5 Å². The summed E-state index contributed by atoms with van der Waals surface area (Å²) in [4.78, 5) is 16.3. The minimum atomic E-state index is -0.150. The Kier molecular flexibility index (Phi) is 5.96. The first-order valence-electron chi connectivity index (χ1n) is 8.69. The lowest BCUT2D eigenvalue weighted by molar-refractivity contribution is -0.123. The Morgan fingerprint density at radius 1 is 1.15 bits per heavy atom. The number of aromatic nitrogens is 2. The van der Waals surface area contributed by atoms with Crippen molar-refractivity contribution >= 4 is 21.8 Å². The molecule has 140 valence electrons. The quantitative estimate of drug-likeness (QED) is 0.639. The van der Waals surface area contributed by atoms with Crippen molar-refractivity contribution in [2.45, 2.75) is 27.3 Å². The minimum absolute atomic E-state index is 0.00712. The molecule has 0 atom stereocenters. The summed E-state index contributed by atoms with van der Waals surface area (Å²) in [6.07, 6.45) is 3.70. The standard InChI is InChI=1S/C21H22BrN3O2/c1-14-10-19(11-15(2)21(14)22)27-13-20(26)24-12-17-4-6-18(7-5-17)25-9-8-23-16(25)3/h4-11H,12-13H2,1-3H3,(H,24,26). The Bertz CT molecular complexity index is 925. The first-order valence-corrected chi connectivity index (χ1v) is 9.49. The highest BCUT2D eigenvalue weighted by Crippen LogP contribution is 2.26. The number of imidazole rings is 1. The van der Waals surface area contributed by atoms with Crippen molar-refractivity contribution in [3.8, 4) is 11.4 Å². The molecule has 1 N–H and O–H groups in total. The second-order valence-electron chi connectivity index (χ2n) is 6.45. The van der Waals surface area contributed by atoms with Crippen LogP contribution in [0.2, 0.25) is 0 Å². The van der Waals surface area contributed by atoms with E-state index in [0.717, 1.165) is 32.7 Å². The van der Waals surface area contributed by atoms with Gasteiger partial charge in [-0.15, -0.1) is 0 Å². The molecule has 0 aliphatic heterocycles. The molecule has 0 fully saturated rings. The van der Waals surface area contributed by atoms with Crippen LogP contribution in [0.4, 0.5) is 0 Å². The average molecular weight is 428 g/mol. The molecule has 0 aliphatic carbocycles. The summed E-state index contributed by atoms with van der Waals surface area (Å²) >= 11 is 3.53. The number of amides is 1. The number of aryl methyl sites for hydroxylation is 3. The lowest BCUT2D eigenvalue weighted by Gasteiger charge is -2.11. The van der Waals surface area contributed by atoms with E-state index in [9.17, 15) is 4.79 Å². The minimum Gasteiger partial charge on any atom is -0.484 e. The number of hydrogen-bond acceptors (Lipinski definition) is 3. The molecule has 5 nitrogen and oxygen atoms in total. The third-order valence-corrected chi connectivity index (χ3v) is 5.56. The van der Waals surface area contributed by atoms with Gasteiger partial charge in [-0.25, -0.2) is 4.98 Å². The van der Waals surface area contributed by atoms with Gasteiger partial charge < -0.3 is 14.6 Å². The summed E-state index contributed by atoms with van der Waals surface area (Å²) in [5.41, 5.74) is 4.24. The molecule has 1 amide bonds. The van der Waals surface area contributed by atoms with Crippen molar-refractivity contribution in [2.75, 3.05) is 6.61 Å². The van der Waals surface area contributed by atoms with Crippen LogP contribution in [-0.4, -0.2) is 22.1 Å². The van der Waals surface area contributed by atoms with Crippen molar-refractivity contribution in [2.24, 2.45) is 0 Å². The Morgan fingerprint density at radius 2 is 1.81 bits per heavy atom. The molecule has 0 saturated heterocycles. The molecule has 0 radical (unpaired) electrons. The largest absolute Gasteiger partial charge is 0.484 e. The molecule has 3 aromatic rings. The molecular weight excluding hydrogens is 406 g/mol. The number of nitrogens with zero attached hydrogens (tertiary/aromatic N) is 2. The summed E-state index contributed by atoms with van der Waals surface area (Å²) in [6.45, 7) is 6.41. The van der Waals surface area contributed by atoms with Gasteiger partial charge >= 0.3 is 0 Å². The lowest BCUT2D eigenvalue weighted by atomic mass is 10.1. The fraction of sp³-hybridized carbons (Fsp3) is 0.238. The topological polar surface area (TPSA) is 56.1 Å². The number of carbonyl (C=O) groups is 1. The van der Waals surface area contributed by atoms with E-state index in [1.54, 1.807) is 6.20 Å². The highest BCUT2D eigenvalue weighted by atomic mass is 79.9. The fourth-order valence-corrected chi connectivity index (χ4v) is 3.04. The van der Waals surface area contributed by atoms with Crippen molar-refractivity contribution in [3.63, 3.8) is 0 Å².